The molecular weight excluding hydrogens is 321 g/mol. The SMILES string of the molecule is CC(C[C@@H](C)c1cccc(S(F)(F)(F)(F)F)c1)S(N)=O. The van der Waals surface area contributed by atoms with E-state index in [0.717, 1.165) is 6.07 Å². The van der Waals surface area contributed by atoms with Crippen LogP contribution in [-0.4, -0.2) is 9.46 Å². The van der Waals surface area contributed by atoms with Gasteiger partial charge in [0.15, 0.2) is 0 Å². The lowest BCUT2D eigenvalue weighted by Crippen LogP contribution is -2.20. The van der Waals surface area contributed by atoms with E-state index < -0.39 is 37.3 Å². The Morgan fingerprint density at radius 1 is 1.20 bits per heavy atom. The second-order valence-corrected chi connectivity index (χ2v) is 8.69. The Kier molecular flexibility index (Phi) is 4.06. The molecule has 2 N–H and O–H groups in total. The van der Waals surface area contributed by atoms with E-state index in [4.69, 9.17) is 5.14 Å². The zero-order valence-corrected chi connectivity index (χ0v) is 12.5. The van der Waals surface area contributed by atoms with Crippen molar-refractivity contribution in [1.29, 1.82) is 0 Å². The average Bonchev–Trinajstić information content (AvgIpc) is 2.26. The van der Waals surface area contributed by atoms with Crippen LogP contribution in [0.25, 0.3) is 0 Å². The molecule has 0 fully saturated rings. The maximum atomic E-state index is 12.7. The third-order valence-corrected chi connectivity index (χ3v) is 5.09. The molecule has 0 spiro atoms. The summed E-state index contributed by atoms with van der Waals surface area (Å²) in [7, 11) is -11.3. The number of benzene rings is 1. The van der Waals surface area contributed by atoms with Gasteiger partial charge in [-0.25, -0.2) is 4.21 Å². The zero-order valence-electron chi connectivity index (χ0n) is 10.9. The monoisotopic (exact) mass is 337 g/mol. The van der Waals surface area contributed by atoms with Crippen molar-refractivity contribution in [3.8, 4) is 0 Å². The first-order valence-corrected chi connectivity index (χ1v) is 8.92. The van der Waals surface area contributed by atoms with Crippen molar-refractivity contribution in [3.05, 3.63) is 29.8 Å². The number of hydrogen-bond donors (Lipinski definition) is 1. The summed E-state index contributed by atoms with van der Waals surface area (Å²) >= 11 is 0. The lowest BCUT2D eigenvalue weighted by atomic mass is 9.96. The van der Waals surface area contributed by atoms with Crippen LogP contribution in [0.1, 0.15) is 31.7 Å². The Hall–Kier alpha value is -0.670. The molecule has 0 radical (unpaired) electrons. The zero-order chi connectivity index (χ0) is 15.8. The number of nitrogens with two attached hydrogens (primary N) is 1. The Morgan fingerprint density at radius 2 is 1.75 bits per heavy atom. The van der Waals surface area contributed by atoms with E-state index in [0.29, 0.717) is 12.1 Å². The van der Waals surface area contributed by atoms with Crippen LogP contribution in [-0.2, 0) is 11.0 Å². The van der Waals surface area contributed by atoms with E-state index in [-0.39, 0.29) is 12.0 Å². The molecule has 0 aliphatic heterocycles. The highest BCUT2D eigenvalue weighted by Gasteiger charge is 2.65. The maximum absolute atomic E-state index is 12.7. The molecule has 1 aromatic rings. The maximum Gasteiger partial charge on any atom is 0.310 e. The van der Waals surface area contributed by atoms with Gasteiger partial charge in [-0.1, -0.05) is 38.5 Å². The van der Waals surface area contributed by atoms with Gasteiger partial charge in [0.2, 0.25) is 0 Å². The second kappa shape index (κ2) is 4.67. The van der Waals surface area contributed by atoms with Crippen LogP contribution in [0.2, 0.25) is 0 Å². The molecule has 0 heterocycles. The summed E-state index contributed by atoms with van der Waals surface area (Å²) in [6.45, 7) is 3.16. The molecule has 0 amide bonds. The van der Waals surface area contributed by atoms with E-state index in [1.165, 1.54) is 6.07 Å². The van der Waals surface area contributed by atoms with Crippen molar-refractivity contribution in [2.75, 3.05) is 0 Å². The molecule has 118 valence electrons. The van der Waals surface area contributed by atoms with E-state index in [1.54, 1.807) is 13.8 Å². The normalized spacial score (nSPS) is 20.6. The Bertz CT molecular complexity index is 531. The topological polar surface area (TPSA) is 43.1 Å². The Morgan fingerprint density at radius 3 is 2.20 bits per heavy atom. The van der Waals surface area contributed by atoms with Crippen molar-refractivity contribution in [3.63, 3.8) is 0 Å². The van der Waals surface area contributed by atoms with E-state index in [9.17, 15) is 23.6 Å². The molecule has 0 bridgehead atoms. The first-order valence-electron chi connectivity index (χ1n) is 5.69. The molecule has 0 aromatic heterocycles. The van der Waals surface area contributed by atoms with Gasteiger partial charge in [-0.2, -0.15) is 0 Å². The number of rotatable bonds is 5. The Balaban J connectivity index is 3.10. The summed E-state index contributed by atoms with van der Waals surface area (Å²) in [5.74, 6) is -0.461. The molecule has 1 aromatic carbocycles. The third kappa shape index (κ3) is 4.71. The highest BCUT2D eigenvalue weighted by molar-refractivity contribution is 8.45. The van der Waals surface area contributed by atoms with Crippen LogP contribution in [0.4, 0.5) is 19.4 Å². The van der Waals surface area contributed by atoms with Gasteiger partial charge < -0.3 is 0 Å². The van der Waals surface area contributed by atoms with E-state index >= 15 is 0 Å². The fourth-order valence-electron chi connectivity index (χ4n) is 1.79. The lowest BCUT2D eigenvalue weighted by Gasteiger charge is -2.40. The van der Waals surface area contributed by atoms with Crippen molar-refractivity contribution in [1.82, 2.24) is 0 Å². The number of hydrogen-bond acceptors (Lipinski definition) is 1. The second-order valence-electron chi connectivity index (χ2n) is 4.82. The van der Waals surface area contributed by atoms with Gasteiger partial charge in [-0.15, -0.1) is 0 Å². The highest BCUT2D eigenvalue weighted by Crippen LogP contribution is 3.02. The smallest absolute Gasteiger partial charge is 0.252 e. The molecule has 0 saturated carbocycles. The summed E-state index contributed by atoms with van der Waals surface area (Å²) in [5.41, 5.74) is 0.119. The van der Waals surface area contributed by atoms with Crippen LogP contribution < -0.4 is 5.14 Å². The van der Waals surface area contributed by atoms with Gasteiger partial charge in [0.25, 0.3) is 0 Å². The van der Waals surface area contributed by atoms with Crippen LogP contribution in [0.5, 0.6) is 0 Å². The predicted molar refractivity (Wildman–Crippen MR) is 72.7 cm³/mol. The molecule has 0 saturated heterocycles. The standard InChI is InChI=1S/C11H16F5NOS2/c1-8(6-9(2)19(17)18)10-4-3-5-11(7-10)20(12,13,14,15)16/h3-5,7-9H,6,17H2,1-2H3/t8-,9?,19?/m1/s1. The van der Waals surface area contributed by atoms with Crippen molar-refractivity contribution in [2.24, 2.45) is 5.14 Å². The summed E-state index contributed by atoms with van der Waals surface area (Å²) in [6.07, 6.45) is 0.243. The lowest BCUT2D eigenvalue weighted by molar-refractivity contribution is 0.363. The number of halogens is 5. The van der Waals surface area contributed by atoms with Crippen LogP contribution >= 0.6 is 10.2 Å². The summed E-state index contributed by atoms with van der Waals surface area (Å²) in [4.78, 5) is -1.91. The Labute approximate surface area is 116 Å². The van der Waals surface area contributed by atoms with Gasteiger partial charge >= 0.3 is 10.2 Å². The molecule has 0 aliphatic rings. The molecule has 0 aliphatic carbocycles. The quantitative estimate of drug-likeness (QED) is 0.767. The first kappa shape index (κ1) is 17.4. The third-order valence-electron chi connectivity index (χ3n) is 2.95. The molecular formula is C11H16F5NOS2. The minimum absolute atomic E-state index is 0.119. The molecule has 2 nitrogen and oxygen atoms in total. The van der Waals surface area contributed by atoms with Gasteiger partial charge in [0.1, 0.15) is 4.90 Å². The largest absolute Gasteiger partial charge is 0.310 e. The van der Waals surface area contributed by atoms with Crippen LogP contribution in [0.3, 0.4) is 0 Å². The van der Waals surface area contributed by atoms with Crippen molar-refractivity contribution in [2.45, 2.75) is 36.3 Å². The van der Waals surface area contributed by atoms with Crippen molar-refractivity contribution < 1.29 is 23.6 Å². The van der Waals surface area contributed by atoms with Gasteiger partial charge in [0.05, 0.1) is 11.0 Å². The molecule has 2 unspecified atom stereocenters. The molecule has 3 atom stereocenters. The van der Waals surface area contributed by atoms with Gasteiger partial charge in [-0.3, -0.25) is 5.14 Å². The molecule has 1 rings (SSSR count). The van der Waals surface area contributed by atoms with E-state index in [1.807, 2.05) is 0 Å². The minimum atomic E-state index is -9.66. The highest BCUT2D eigenvalue weighted by atomic mass is 32.5. The minimum Gasteiger partial charge on any atom is -0.252 e. The van der Waals surface area contributed by atoms with Crippen LogP contribution in [0.15, 0.2) is 29.2 Å². The predicted octanol–water partition coefficient (Wildman–Crippen LogP) is 4.85. The van der Waals surface area contributed by atoms with Crippen molar-refractivity contribution >= 4 is 21.2 Å². The fourth-order valence-corrected chi connectivity index (χ4v) is 2.96. The average molecular weight is 337 g/mol. The summed E-state index contributed by atoms with van der Waals surface area (Å²) in [5, 5.41) is 4.75. The summed E-state index contributed by atoms with van der Waals surface area (Å²) in [6, 6.07) is 3.10. The van der Waals surface area contributed by atoms with Crippen LogP contribution in [0, 0.1) is 0 Å². The first-order chi connectivity index (χ1) is 8.70. The van der Waals surface area contributed by atoms with E-state index in [2.05, 4.69) is 0 Å². The fraction of sp³-hybridized carbons (Fsp3) is 0.455. The van der Waals surface area contributed by atoms with Gasteiger partial charge in [-0.05, 0) is 37.0 Å². The van der Waals surface area contributed by atoms with Gasteiger partial charge in [0, 0.05) is 5.25 Å². The summed E-state index contributed by atoms with van der Waals surface area (Å²) < 4.78 is 74.6. The molecule has 20 heavy (non-hydrogen) atoms. The molecule has 9 heteroatoms.